The van der Waals surface area contributed by atoms with Gasteiger partial charge in [-0.25, -0.2) is 0 Å². The second-order valence-corrected chi connectivity index (χ2v) is 7.73. The maximum absolute atomic E-state index is 11.4. The molecule has 20 heavy (non-hydrogen) atoms. The number of amides is 1. The van der Waals surface area contributed by atoms with Crippen LogP contribution in [0.1, 0.15) is 60.3 Å². The summed E-state index contributed by atoms with van der Waals surface area (Å²) < 4.78 is 0. The summed E-state index contributed by atoms with van der Waals surface area (Å²) in [4.78, 5) is 11.4. The molecule has 1 aliphatic carbocycles. The highest BCUT2D eigenvalue weighted by Crippen LogP contribution is 2.39. The Hall–Kier alpha value is -0.570. The lowest BCUT2D eigenvalue weighted by molar-refractivity contribution is -0.123. The van der Waals surface area contributed by atoms with E-state index >= 15 is 0 Å². The van der Waals surface area contributed by atoms with Crippen LogP contribution in [0.15, 0.2) is 0 Å². The van der Waals surface area contributed by atoms with Crippen LogP contribution in [0.4, 0.5) is 0 Å². The van der Waals surface area contributed by atoms with E-state index in [1.807, 2.05) is 13.8 Å². The van der Waals surface area contributed by atoms with Gasteiger partial charge >= 0.3 is 0 Å². The number of carbonyl (C=O) groups excluding carboxylic acids is 1. The van der Waals surface area contributed by atoms with Gasteiger partial charge in [0.25, 0.3) is 0 Å². The fourth-order valence-corrected chi connectivity index (χ4v) is 3.02. The van der Waals surface area contributed by atoms with E-state index in [2.05, 4.69) is 31.4 Å². The lowest BCUT2D eigenvalue weighted by Crippen LogP contribution is -2.36. The van der Waals surface area contributed by atoms with Crippen LogP contribution in [0, 0.1) is 23.2 Å². The van der Waals surface area contributed by atoms with E-state index in [9.17, 15) is 4.79 Å². The number of rotatable bonds is 6. The van der Waals surface area contributed by atoms with Gasteiger partial charge in [-0.1, -0.05) is 34.6 Å². The van der Waals surface area contributed by atoms with E-state index < -0.39 is 0 Å². The Morgan fingerprint density at radius 2 is 1.70 bits per heavy atom. The Bertz CT molecular complexity index is 286. The van der Waals surface area contributed by atoms with Crippen LogP contribution >= 0.6 is 0 Å². The molecule has 1 amide bonds. The van der Waals surface area contributed by atoms with Crippen molar-refractivity contribution in [3.63, 3.8) is 0 Å². The molecule has 1 aliphatic rings. The predicted octanol–water partition coefficient (Wildman–Crippen LogP) is 3.20. The van der Waals surface area contributed by atoms with E-state index in [-0.39, 0.29) is 11.8 Å². The van der Waals surface area contributed by atoms with Crippen LogP contribution in [0.25, 0.3) is 0 Å². The first-order chi connectivity index (χ1) is 9.30. The molecule has 0 saturated heterocycles. The lowest BCUT2D eigenvalue weighted by atomic mass is 9.70. The van der Waals surface area contributed by atoms with Crippen molar-refractivity contribution in [3.8, 4) is 0 Å². The van der Waals surface area contributed by atoms with Crippen molar-refractivity contribution in [2.24, 2.45) is 23.2 Å². The summed E-state index contributed by atoms with van der Waals surface area (Å²) in [5.74, 6) is 1.96. The summed E-state index contributed by atoms with van der Waals surface area (Å²) in [5, 5.41) is 6.43. The molecule has 1 saturated carbocycles. The molecule has 3 nitrogen and oxygen atoms in total. The minimum Gasteiger partial charge on any atom is -0.355 e. The van der Waals surface area contributed by atoms with E-state index in [0.717, 1.165) is 31.5 Å². The molecule has 0 aromatic carbocycles. The summed E-state index contributed by atoms with van der Waals surface area (Å²) >= 11 is 0. The average molecular weight is 282 g/mol. The summed E-state index contributed by atoms with van der Waals surface area (Å²) in [6, 6.07) is 0. The average Bonchev–Trinajstić information content (AvgIpc) is 2.37. The van der Waals surface area contributed by atoms with Gasteiger partial charge in [-0.3, -0.25) is 4.79 Å². The first kappa shape index (κ1) is 17.5. The first-order valence-corrected chi connectivity index (χ1v) is 8.29. The molecule has 0 aromatic rings. The first-order valence-electron chi connectivity index (χ1n) is 8.29. The summed E-state index contributed by atoms with van der Waals surface area (Å²) in [5.41, 5.74) is 0.472. The van der Waals surface area contributed by atoms with Gasteiger partial charge in [-0.2, -0.15) is 0 Å². The topological polar surface area (TPSA) is 41.1 Å². The molecule has 0 spiro atoms. The molecule has 0 unspecified atom stereocenters. The number of hydrogen-bond donors (Lipinski definition) is 2. The lowest BCUT2D eigenvalue weighted by Gasteiger charge is -2.37. The number of carbonyl (C=O) groups is 1. The zero-order chi connectivity index (χ0) is 15.2. The smallest absolute Gasteiger partial charge is 0.222 e. The molecular formula is C17H34N2O. The minimum absolute atomic E-state index is 0.0858. The third kappa shape index (κ3) is 6.25. The van der Waals surface area contributed by atoms with Crippen molar-refractivity contribution in [3.05, 3.63) is 0 Å². The monoisotopic (exact) mass is 282 g/mol. The highest BCUT2D eigenvalue weighted by atomic mass is 16.1. The van der Waals surface area contributed by atoms with Crippen molar-refractivity contribution in [1.29, 1.82) is 0 Å². The second kappa shape index (κ2) is 8.02. The van der Waals surface area contributed by atoms with Crippen molar-refractivity contribution in [2.45, 2.75) is 60.3 Å². The van der Waals surface area contributed by atoms with Gasteiger partial charge in [0.05, 0.1) is 0 Å². The van der Waals surface area contributed by atoms with Gasteiger partial charge in [0.15, 0.2) is 0 Å². The fourth-order valence-electron chi connectivity index (χ4n) is 3.02. The summed E-state index contributed by atoms with van der Waals surface area (Å²) in [6.45, 7) is 13.7. The third-order valence-electron chi connectivity index (χ3n) is 4.63. The summed E-state index contributed by atoms with van der Waals surface area (Å²) in [6.07, 6.45) is 5.46. The predicted molar refractivity (Wildman–Crippen MR) is 85.6 cm³/mol. The highest BCUT2D eigenvalue weighted by molar-refractivity contribution is 5.77. The van der Waals surface area contributed by atoms with Crippen molar-refractivity contribution in [1.82, 2.24) is 10.6 Å². The molecule has 118 valence electrons. The van der Waals surface area contributed by atoms with Gasteiger partial charge in [-0.15, -0.1) is 0 Å². The molecule has 0 heterocycles. The molecule has 0 radical (unpaired) electrons. The highest BCUT2D eigenvalue weighted by Gasteiger charge is 2.29. The van der Waals surface area contributed by atoms with Crippen molar-refractivity contribution < 1.29 is 4.79 Å². The zero-order valence-electron chi connectivity index (χ0n) is 14.1. The molecule has 3 heteroatoms. The molecular weight excluding hydrogens is 248 g/mol. The van der Waals surface area contributed by atoms with E-state index in [1.165, 1.54) is 25.7 Å². The second-order valence-electron chi connectivity index (χ2n) is 7.73. The van der Waals surface area contributed by atoms with E-state index in [0.29, 0.717) is 5.41 Å². The van der Waals surface area contributed by atoms with Gasteiger partial charge in [0.2, 0.25) is 5.91 Å². The Labute approximate surface area is 125 Å². The SMILES string of the molecule is CC(C)C(=O)NCCNCC1CCC(C(C)(C)C)CC1. The molecule has 0 atom stereocenters. The van der Waals surface area contributed by atoms with Crippen LogP contribution in [-0.4, -0.2) is 25.5 Å². The van der Waals surface area contributed by atoms with Crippen molar-refractivity contribution in [2.75, 3.05) is 19.6 Å². The van der Waals surface area contributed by atoms with Crippen LogP contribution in [0.2, 0.25) is 0 Å². The van der Waals surface area contributed by atoms with Gasteiger partial charge in [0.1, 0.15) is 0 Å². The Kier molecular flexibility index (Phi) is 7.01. The molecule has 2 N–H and O–H groups in total. The molecule has 0 bridgehead atoms. The van der Waals surface area contributed by atoms with E-state index in [1.54, 1.807) is 0 Å². The van der Waals surface area contributed by atoms with Gasteiger partial charge in [0, 0.05) is 19.0 Å². The Morgan fingerprint density at radius 1 is 1.10 bits per heavy atom. The van der Waals surface area contributed by atoms with Gasteiger partial charge < -0.3 is 10.6 Å². The molecule has 0 aromatic heterocycles. The van der Waals surface area contributed by atoms with Crippen LogP contribution < -0.4 is 10.6 Å². The number of nitrogens with one attached hydrogen (secondary N) is 2. The van der Waals surface area contributed by atoms with Gasteiger partial charge in [-0.05, 0) is 49.5 Å². The van der Waals surface area contributed by atoms with Crippen molar-refractivity contribution >= 4 is 5.91 Å². The molecule has 1 rings (SSSR count). The maximum Gasteiger partial charge on any atom is 0.222 e. The quantitative estimate of drug-likeness (QED) is 0.735. The molecule has 0 aliphatic heterocycles. The normalized spacial score (nSPS) is 23.9. The summed E-state index contributed by atoms with van der Waals surface area (Å²) in [7, 11) is 0. The number of hydrogen-bond acceptors (Lipinski definition) is 2. The van der Waals surface area contributed by atoms with Crippen LogP contribution in [0.3, 0.4) is 0 Å². The molecule has 1 fully saturated rings. The van der Waals surface area contributed by atoms with E-state index in [4.69, 9.17) is 0 Å². The standard InChI is InChI=1S/C17H34N2O/c1-13(2)16(20)19-11-10-18-12-14-6-8-15(9-7-14)17(3,4)5/h13-15,18H,6-12H2,1-5H3,(H,19,20). The Balaban J connectivity index is 2.06. The van der Waals surface area contributed by atoms with Crippen LogP contribution in [-0.2, 0) is 4.79 Å². The maximum atomic E-state index is 11.4. The third-order valence-corrected chi connectivity index (χ3v) is 4.63. The Morgan fingerprint density at radius 3 is 2.20 bits per heavy atom. The fraction of sp³-hybridized carbons (Fsp3) is 0.941. The minimum atomic E-state index is 0.0858. The largest absolute Gasteiger partial charge is 0.355 e. The van der Waals surface area contributed by atoms with Crippen LogP contribution in [0.5, 0.6) is 0 Å². The zero-order valence-corrected chi connectivity index (χ0v) is 14.1.